The monoisotopic (exact) mass is 407 g/mol. The van der Waals surface area contributed by atoms with Crippen molar-refractivity contribution in [2.45, 2.75) is 51.7 Å². The molecule has 2 rings (SSSR count). The molecule has 2 unspecified atom stereocenters. The summed E-state index contributed by atoms with van der Waals surface area (Å²) in [5.74, 6) is 1.22. The summed E-state index contributed by atoms with van der Waals surface area (Å²) in [5, 5.41) is 5.78. The van der Waals surface area contributed by atoms with Crippen molar-refractivity contribution in [1.82, 2.24) is 15.5 Å². The predicted octanol–water partition coefficient (Wildman–Crippen LogP) is 2.08. The molecule has 28 heavy (non-hydrogen) atoms. The van der Waals surface area contributed by atoms with Crippen LogP contribution in [0.5, 0.6) is 5.75 Å². The third-order valence-corrected chi connectivity index (χ3v) is 5.29. The molecule has 0 aliphatic carbocycles. The molecule has 0 aromatic heterocycles. The van der Waals surface area contributed by atoms with Crippen LogP contribution in [0.2, 0.25) is 0 Å². The van der Waals surface area contributed by atoms with Crippen LogP contribution in [-0.2, 0) is 14.4 Å². The Kier molecular flexibility index (Phi) is 7.35. The van der Waals surface area contributed by atoms with Gasteiger partial charge < -0.3 is 20.3 Å². The molecule has 1 heterocycles. The third kappa shape index (κ3) is 6.15. The van der Waals surface area contributed by atoms with Gasteiger partial charge in [-0.05, 0) is 38.5 Å². The molecule has 1 aromatic rings. The first kappa shape index (κ1) is 22.1. The molecule has 1 saturated heterocycles. The van der Waals surface area contributed by atoms with Crippen LogP contribution in [0.4, 0.5) is 0 Å². The van der Waals surface area contributed by atoms with Gasteiger partial charge in [-0.3, -0.25) is 14.4 Å². The van der Waals surface area contributed by atoms with E-state index in [0.29, 0.717) is 17.4 Å². The minimum atomic E-state index is -0.495. The molecule has 2 atom stereocenters. The van der Waals surface area contributed by atoms with Gasteiger partial charge in [0.2, 0.25) is 17.7 Å². The van der Waals surface area contributed by atoms with Crippen molar-refractivity contribution in [3.8, 4) is 5.75 Å². The molecule has 1 aliphatic heterocycles. The van der Waals surface area contributed by atoms with Gasteiger partial charge in [-0.25, -0.2) is 0 Å². The molecule has 1 fully saturated rings. The van der Waals surface area contributed by atoms with Crippen LogP contribution in [-0.4, -0.2) is 52.9 Å². The number of rotatable bonds is 6. The number of methoxy groups -OCH3 is 1. The molecule has 2 N–H and O–H groups in total. The molecule has 0 radical (unpaired) electrons. The molecule has 8 heteroatoms. The number of hydrogen-bond acceptors (Lipinski definition) is 5. The maximum Gasteiger partial charge on any atom is 0.244 e. The van der Waals surface area contributed by atoms with Crippen molar-refractivity contribution in [3.63, 3.8) is 0 Å². The molecule has 3 amide bonds. The summed E-state index contributed by atoms with van der Waals surface area (Å²) in [6.07, 6.45) is 0.0891. The van der Waals surface area contributed by atoms with Gasteiger partial charge in [0, 0.05) is 18.2 Å². The van der Waals surface area contributed by atoms with E-state index in [1.165, 1.54) is 6.92 Å². The van der Waals surface area contributed by atoms with Crippen LogP contribution in [0.1, 0.15) is 45.7 Å². The second kappa shape index (κ2) is 9.32. The van der Waals surface area contributed by atoms with Gasteiger partial charge >= 0.3 is 0 Å². The Bertz CT molecular complexity index is 715. The van der Waals surface area contributed by atoms with Gasteiger partial charge in [-0.1, -0.05) is 12.1 Å². The van der Waals surface area contributed by atoms with Crippen molar-refractivity contribution < 1.29 is 19.1 Å². The number of benzene rings is 1. The smallest absolute Gasteiger partial charge is 0.244 e. The first-order valence-electron chi connectivity index (χ1n) is 9.21. The van der Waals surface area contributed by atoms with Gasteiger partial charge in [0.15, 0.2) is 0 Å². The summed E-state index contributed by atoms with van der Waals surface area (Å²) in [6.45, 7) is 7.16. The van der Waals surface area contributed by atoms with Crippen LogP contribution >= 0.6 is 11.8 Å². The summed E-state index contributed by atoms with van der Waals surface area (Å²) in [6, 6.07) is 6.28. The number of hydrogen-bond donors (Lipinski definition) is 2. The van der Waals surface area contributed by atoms with Gasteiger partial charge in [0.1, 0.15) is 11.8 Å². The SMILES string of the molecule is COc1ccc(C(CC(=O)N2CSCC2C(=O)NC(C)(C)C)NC(C)=O)cc1. The summed E-state index contributed by atoms with van der Waals surface area (Å²) in [4.78, 5) is 38.8. The molecular weight excluding hydrogens is 378 g/mol. The van der Waals surface area contributed by atoms with Crippen LogP contribution < -0.4 is 15.4 Å². The molecule has 0 saturated carbocycles. The van der Waals surface area contributed by atoms with Gasteiger partial charge in [0.25, 0.3) is 0 Å². The summed E-state index contributed by atoms with van der Waals surface area (Å²) >= 11 is 1.56. The fourth-order valence-electron chi connectivity index (χ4n) is 2.98. The van der Waals surface area contributed by atoms with Crippen LogP contribution in [0.25, 0.3) is 0 Å². The van der Waals surface area contributed by atoms with E-state index in [1.54, 1.807) is 35.9 Å². The largest absolute Gasteiger partial charge is 0.497 e. The third-order valence-electron chi connectivity index (χ3n) is 4.28. The Labute approximate surface area is 170 Å². The second-order valence-corrected chi connectivity index (χ2v) is 8.85. The Morgan fingerprint density at radius 3 is 2.43 bits per heavy atom. The van der Waals surface area contributed by atoms with Gasteiger partial charge in [-0.2, -0.15) is 0 Å². The summed E-state index contributed by atoms with van der Waals surface area (Å²) in [7, 11) is 1.58. The Morgan fingerprint density at radius 2 is 1.89 bits per heavy atom. The highest BCUT2D eigenvalue weighted by Crippen LogP contribution is 2.26. The van der Waals surface area contributed by atoms with Crippen molar-refractivity contribution in [1.29, 1.82) is 0 Å². The zero-order chi connectivity index (χ0) is 20.9. The van der Waals surface area contributed by atoms with Gasteiger partial charge in [-0.15, -0.1) is 11.8 Å². The lowest BCUT2D eigenvalue weighted by molar-refractivity contribution is -0.139. The van der Waals surface area contributed by atoms with E-state index >= 15 is 0 Å². The zero-order valence-electron chi connectivity index (χ0n) is 17.1. The highest BCUT2D eigenvalue weighted by molar-refractivity contribution is 7.99. The van der Waals surface area contributed by atoms with Crippen LogP contribution in [0.15, 0.2) is 24.3 Å². The zero-order valence-corrected chi connectivity index (χ0v) is 17.9. The molecule has 0 bridgehead atoms. The molecule has 1 aliphatic rings. The predicted molar refractivity (Wildman–Crippen MR) is 110 cm³/mol. The number of carbonyl (C=O) groups excluding carboxylic acids is 3. The minimum absolute atomic E-state index is 0.0891. The number of ether oxygens (including phenoxy) is 1. The molecule has 7 nitrogen and oxygen atoms in total. The normalized spacial score (nSPS) is 17.8. The summed E-state index contributed by atoms with van der Waals surface area (Å²) in [5.41, 5.74) is 0.452. The number of nitrogens with one attached hydrogen (secondary N) is 2. The van der Waals surface area contributed by atoms with Crippen molar-refractivity contribution in [2.75, 3.05) is 18.7 Å². The lowest BCUT2D eigenvalue weighted by atomic mass is 10.0. The molecule has 0 spiro atoms. The van der Waals surface area contributed by atoms with E-state index in [0.717, 1.165) is 5.56 Å². The van der Waals surface area contributed by atoms with E-state index in [4.69, 9.17) is 4.74 Å². The number of nitrogens with zero attached hydrogens (tertiary/aromatic N) is 1. The molecular formula is C20H29N3O4S. The number of carbonyl (C=O) groups is 3. The van der Waals surface area contributed by atoms with E-state index in [-0.39, 0.29) is 29.7 Å². The second-order valence-electron chi connectivity index (χ2n) is 7.85. The maximum absolute atomic E-state index is 13.0. The van der Waals surface area contributed by atoms with Crippen molar-refractivity contribution in [2.24, 2.45) is 0 Å². The highest BCUT2D eigenvalue weighted by Gasteiger charge is 2.36. The standard InChI is InChI=1S/C20H29N3O4S/c1-13(24)21-16(14-6-8-15(27-5)9-7-14)10-18(25)23-12-28-11-17(23)19(26)22-20(2,3)4/h6-9,16-17H,10-12H2,1-5H3,(H,21,24)(H,22,26). The quantitative estimate of drug-likeness (QED) is 0.754. The average Bonchev–Trinajstić information content (AvgIpc) is 3.09. The molecule has 154 valence electrons. The Morgan fingerprint density at radius 1 is 1.25 bits per heavy atom. The Balaban J connectivity index is 2.12. The lowest BCUT2D eigenvalue weighted by Gasteiger charge is -2.29. The van der Waals surface area contributed by atoms with Crippen molar-refractivity contribution in [3.05, 3.63) is 29.8 Å². The molecule has 1 aromatic carbocycles. The van der Waals surface area contributed by atoms with E-state index in [1.807, 2.05) is 32.9 Å². The van der Waals surface area contributed by atoms with Crippen LogP contribution in [0.3, 0.4) is 0 Å². The fourth-order valence-corrected chi connectivity index (χ4v) is 4.16. The number of amides is 3. The van der Waals surface area contributed by atoms with E-state index in [2.05, 4.69) is 10.6 Å². The first-order chi connectivity index (χ1) is 13.1. The first-order valence-corrected chi connectivity index (χ1v) is 10.4. The van der Waals surface area contributed by atoms with E-state index in [9.17, 15) is 14.4 Å². The Hall–Kier alpha value is -2.22. The summed E-state index contributed by atoms with van der Waals surface area (Å²) < 4.78 is 5.16. The van der Waals surface area contributed by atoms with E-state index < -0.39 is 12.1 Å². The lowest BCUT2D eigenvalue weighted by Crippen LogP contribution is -2.52. The topological polar surface area (TPSA) is 87.7 Å². The van der Waals surface area contributed by atoms with Gasteiger partial charge in [0.05, 0.1) is 25.4 Å². The minimum Gasteiger partial charge on any atom is -0.497 e. The van der Waals surface area contributed by atoms with Crippen molar-refractivity contribution >= 4 is 29.5 Å². The highest BCUT2D eigenvalue weighted by atomic mass is 32.2. The fraction of sp³-hybridized carbons (Fsp3) is 0.550. The maximum atomic E-state index is 13.0. The van der Waals surface area contributed by atoms with Crippen LogP contribution in [0, 0.1) is 0 Å². The average molecular weight is 408 g/mol. The number of thioether (sulfide) groups is 1.